The number of rotatable bonds is 5. The van der Waals surface area contributed by atoms with Crippen LogP contribution < -0.4 is 5.32 Å². The number of nitrogens with zero attached hydrogens (tertiary/aromatic N) is 2. The van der Waals surface area contributed by atoms with E-state index in [2.05, 4.69) is 27.2 Å². The summed E-state index contributed by atoms with van der Waals surface area (Å²) < 4.78 is 5.03. The first kappa shape index (κ1) is 17.9. The fraction of sp³-hybridized carbons (Fsp3) is 0.579. The van der Waals surface area contributed by atoms with Crippen molar-refractivity contribution in [2.24, 2.45) is 0 Å². The third-order valence-electron chi connectivity index (χ3n) is 5.25. The molecule has 6 heteroatoms. The van der Waals surface area contributed by atoms with Gasteiger partial charge in [-0.3, -0.25) is 19.4 Å². The topological polar surface area (TPSA) is 61.9 Å². The lowest BCUT2D eigenvalue weighted by molar-refractivity contribution is -0.147. The van der Waals surface area contributed by atoms with Gasteiger partial charge in [-0.15, -0.1) is 0 Å². The molecule has 1 N–H and O–H groups in total. The molecule has 3 rings (SSSR count). The van der Waals surface area contributed by atoms with Crippen molar-refractivity contribution in [2.75, 3.05) is 39.3 Å². The van der Waals surface area contributed by atoms with Gasteiger partial charge in [0.05, 0.1) is 13.2 Å². The molecule has 1 spiro atoms. The quantitative estimate of drug-likeness (QED) is 0.807. The van der Waals surface area contributed by atoms with E-state index in [1.54, 1.807) is 0 Å². The van der Waals surface area contributed by atoms with Gasteiger partial charge in [-0.1, -0.05) is 30.3 Å². The maximum atomic E-state index is 12.7. The van der Waals surface area contributed by atoms with Crippen LogP contribution in [0.4, 0.5) is 0 Å². The molecule has 0 bridgehead atoms. The Kier molecular flexibility index (Phi) is 5.71. The summed E-state index contributed by atoms with van der Waals surface area (Å²) in [6.07, 6.45) is 1.48. The summed E-state index contributed by atoms with van der Waals surface area (Å²) in [5.41, 5.74) is 0.768. The maximum absolute atomic E-state index is 12.7. The molecule has 1 amide bonds. The molecule has 136 valence electrons. The van der Waals surface area contributed by atoms with Crippen molar-refractivity contribution in [3.05, 3.63) is 35.9 Å². The first-order valence-corrected chi connectivity index (χ1v) is 9.09. The van der Waals surface area contributed by atoms with Crippen LogP contribution in [0.1, 0.15) is 25.3 Å². The minimum Gasteiger partial charge on any atom is -0.465 e. The summed E-state index contributed by atoms with van der Waals surface area (Å²) in [6.45, 7) is 6.34. The zero-order valence-electron chi connectivity index (χ0n) is 14.9. The molecular formula is C19H27N3O3. The molecule has 2 aliphatic heterocycles. The number of hydrogen-bond donors (Lipinski definition) is 1. The fourth-order valence-corrected chi connectivity index (χ4v) is 3.87. The molecule has 1 aromatic carbocycles. The van der Waals surface area contributed by atoms with Crippen LogP contribution in [0.3, 0.4) is 0 Å². The van der Waals surface area contributed by atoms with Gasteiger partial charge in [0.15, 0.2) is 0 Å². The number of ether oxygens (including phenoxy) is 1. The van der Waals surface area contributed by atoms with E-state index >= 15 is 0 Å². The predicted octanol–water partition coefficient (Wildman–Crippen LogP) is 1.02. The van der Waals surface area contributed by atoms with Gasteiger partial charge in [-0.05, 0) is 25.3 Å². The van der Waals surface area contributed by atoms with Crippen molar-refractivity contribution in [3.63, 3.8) is 0 Å². The molecule has 25 heavy (non-hydrogen) atoms. The number of piperidine rings is 1. The monoisotopic (exact) mass is 345 g/mol. The van der Waals surface area contributed by atoms with Gasteiger partial charge in [0.25, 0.3) is 0 Å². The normalized spacial score (nSPS) is 21.1. The lowest BCUT2D eigenvalue weighted by atomic mass is 9.82. The lowest BCUT2D eigenvalue weighted by Gasteiger charge is -2.50. The number of likely N-dealkylation sites (tertiary alicyclic amines) is 1. The van der Waals surface area contributed by atoms with Crippen LogP contribution in [-0.4, -0.2) is 66.5 Å². The van der Waals surface area contributed by atoms with E-state index < -0.39 is 5.54 Å². The van der Waals surface area contributed by atoms with Gasteiger partial charge in [-0.25, -0.2) is 0 Å². The molecule has 2 heterocycles. The number of piperazine rings is 1. The highest BCUT2D eigenvalue weighted by Crippen LogP contribution is 2.32. The molecule has 0 unspecified atom stereocenters. The second-order valence-corrected chi connectivity index (χ2v) is 6.78. The number of carbonyl (C=O) groups is 2. The average molecular weight is 345 g/mol. The van der Waals surface area contributed by atoms with Gasteiger partial charge < -0.3 is 10.1 Å². The van der Waals surface area contributed by atoms with Gasteiger partial charge in [-0.2, -0.15) is 0 Å². The fourth-order valence-electron chi connectivity index (χ4n) is 3.87. The molecule has 2 aliphatic rings. The van der Waals surface area contributed by atoms with E-state index in [1.807, 2.05) is 25.1 Å². The summed E-state index contributed by atoms with van der Waals surface area (Å²) in [6, 6.07) is 10.3. The molecule has 6 nitrogen and oxygen atoms in total. The molecule has 0 saturated carbocycles. The van der Waals surface area contributed by atoms with Gasteiger partial charge in [0.1, 0.15) is 5.54 Å². The van der Waals surface area contributed by atoms with Crippen LogP contribution in [0.2, 0.25) is 0 Å². The number of amides is 1. The van der Waals surface area contributed by atoms with Crippen LogP contribution in [0, 0.1) is 0 Å². The van der Waals surface area contributed by atoms with Crippen LogP contribution in [0.5, 0.6) is 0 Å². The Morgan fingerprint density at radius 1 is 1.20 bits per heavy atom. The zero-order valence-corrected chi connectivity index (χ0v) is 14.9. The molecule has 2 fully saturated rings. The van der Waals surface area contributed by atoms with E-state index in [4.69, 9.17) is 4.74 Å². The highest BCUT2D eigenvalue weighted by Gasteiger charge is 2.48. The lowest BCUT2D eigenvalue weighted by Crippen LogP contribution is -2.67. The van der Waals surface area contributed by atoms with E-state index in [-0.39, 0.29) is 11.9 Å². The van der Waals surface area contributed by atoms with Gasteiger partial charge in [0, 0.05) is 32.7 Å². The van der Waals surface area contributed by atoms with Gasteiger partial charge in [0.2, 0.25) is 5.91 Å². The van der Waals surface area contributed by atoms with E-state index in [1.165, 1.54) is 5.56 Å². The Morgan fingerprint density at radius 2 is 1.92 bits per heavy atom. The smallest absolute Gasteiger partial charge is 0.320 e. The first-order valence-electron chi connectivity index (χ1n) is 9.09. The van der Waals surface area contributed by atoms with Crippen molar-refractivity contribution < 1.29 is 14.3 Å². The zero-order chi connectivity index (χ0) is 17.7. The number of hydrogen-bond acceptors (Lipinski definition) is 5. The van der Waals surface area contributed by atoms with Crippen molar-refractivity contribution in [1.82, 2.24) is 15.1 Å². The van der Waals surface area contributed by atoms with E-state index in [9.17, 15) is 9.59 Å². The Hall–Kier alpha value is -1.92. The second-order valence-electron chi connectivity index (χ2n) is 6.78. The summed E-state index contributed by atoms with van der Waals surface area (Å²) in [7, 11) is 0. The number of nitrogens with one attached hydrogen (secondary N) is 1. The molecule has 0 radical (unpaired) electrons. The Labute approximate surface area is 149 Å². The number of benzene rings is 1. The molecule has 1 aromatic rings. The van der Waals surface area contributed by atoms with Crippen molar-refractivity contribution in [3.8, 4) is 0 Å². The van der Waals surface area contributed by atoms with Crippen LogP contribution in [0.15, 0.2) is 30.3 Å². The Bertz CT molecular complexity index is 597. The van der Waals surface area contributed by atoms with Crippen molar-refractivity contribution in [1.29, 1.82) is 0 Å². The van der Waals surface area contributed by atoms with Crippen molar-refractivity contribution >= 4 is 11.9 Å². The minimum absolute atomic E-state index is 0.130. The Morgan fingerprint density at radius 3 is 2.60 bits per heavy atom. The van der Waals surface area contributed by atoms with Crippen molar-refractivity contribution in [2.45, 2.75) is 31.8 Å². The Balaban J connectivity index is 1.67. The number of carbonyl (C=O) groups excluding carboxylic acids is 2. The first-order chi connectivity index (χ1) is 12.1. The summed E-state index contributed by atoms with van der Waals surface area (Å²) in [4.78, 5) is 28.8. The van der Waals surface area contributed by atoms with E-state index in [0.717, 1.165) is 39.0 Å². The minimum atomic E-state index is -0.459. The predicted molar refractivity (Wildman–Crippen MR) is 94.9 cm³/mol. The van der Waals surface area contributed by atoms with Crippen LogP contribution >= 0.6 is 0 Å². The van der Waals surface area contributed by atoms with Crippen LogP contribution in [0.25, 0.3) is 0 Å². The molecule has 2 saturated heterocycles. The highest BCUT2D eigenvalue weighted by molar-refractivity contribution is 5.87. The standard InChI is InChI=1S/C19H27N3O3/c1-2-25-17(23)15-21-11-8-19(9-12-21)18(24)20-10-13-22(19)14-16-6-4-3-5-7-16/h3-7H,2,8-15H2,1H3,(H,20,24). The highest BCUT2D eigenvalue weighted by atomic mass is 16.5. The van der Waals surface area contributed by atoms with Gasteiger partial charge >= 0.3 is 5.97 Å². The molecular weight excluding hydrogens is 318 g/mol. The summed E-state index contributed by atoms with van der Waals surface area (Å²) in [5.74, 6) is -0.0573. The summed E-state index contributed by atoms with van der Waals surface area (Å²) >= 11 is 0. The number of esters is 1. The largest absolute Gasteiger partial charge is 0.465 e. The van der Waals surface area contributed by atoms with Crippen LogP contribution in [-0.2, 0) is 20.9 Å². The molecule has 0 aromatic heterocycles. The molecule has 0 aliphatic carbocycles. The second kappa shape index (κ2) is 7.97. The SMILES string of the molecule is CCOC(=O)CN1CCC2(CC1)C(=O)NCCN2Cc1ccccc1. The maximum Gasteiger partial charge on any atom is 0.320 e. The third kappa shape index (κ3) is 4.02. The third-order valence-corrected chi connectivity index (χ3v) is 5.25. The molecule has 0 atom stereocenters. The average Bonchev–Trinajstić information content (AvgIpc) is 2.62. The summed E-state index contributed by atoms with van der Waals surface area (Å²) in [5, 5.41) is 3.04. The van der Waals surface area contributed by atoms with E-state index in [0.29, 0.717) is 19.7 Å².